The fourth-order valence-electron chi connectivity index (χ4n) is 2.36. The van der Waals surface area contributed by atoms with E-state index in [9.17, 15) is 8.78 Å². The molecule has 0 unspecified atom stereocenters. The van der Waals surface area contributed by atoms with Gasteiger partial charge in [-0.05, 0) is 58.4 Å². The zero-order valence-corrected chi connectivity index (χ0v) is 14.7. The number of rotatable bonds is 2. The summed E-state index contributed by atoms with van der Waals surface area (Å²) in [4.78, 5) is 0. The first-order chi connectivity index (χ1) is 10.4. The normalized spacial score (nSPS) is 12.3. The lowest BCUT2D eigenvalue weighted by Gasteiger charge is -2.22. The Kier molecular flexibility index (Phi) is 4.52. The number of nitrogens with one attached hydrogen (secondary N) is 1. The van der Waals surface area contributed by atoms with Crippen molar-refractivity contribution in [1.29, 1.82) is 0 Å². The van der Waals surface area contributed by atoms with Crippen LogP contribution < -0.4 is 5.32 Å². The van der Waals surface area contributed by atoms with Gasteiger partial charge in [0.05, 0.1) is 0 Å². The zero-order valence-electron chi connectivity index (χ0n) is 14.7. The highest BCUT2D eigenvalue weighted by molar-refractivity contribution is 5.62. The Morgan fingerprint density at radius 2 is 0.957 bits per heavy atom. The summed E-state index contributed by atoms with van der Waals surface area (Å²) in [6, 6.07) is 9.75. The van der Waals surface area contributed by atoms with E-state index < -0.39 is 0 Å². The molecule has 1 nitrogen and oxygen atoms in total. The molecule has 2 rings (SSSR count). The smallest absolute Gasteiger partial charge is 0.125 e. The van der Waals surface area contributed by atoms with Crippen LogP contribution in [0.15, 0.2) is 36.4 Å². The Labute approximate surface area is 137 Å². The fraction of sp³-hybridized carbons (Fsp3) is 0.400. The minimum Gasteiger partial charge on any atom is -0.355 e. The van der Waals surface area contributed by atoms with E-state index in [1.807, 2.05) is 53.7 Å². The summed E-state index contributed by atoms with van der Waals surface area (Å²) in [6.07, 6.45) is 0. The molecule has 1 N–H and O–H groups in total. The van der Waals surface area contributed by atoms with E-state index in [1.54, 1.807) is 0 Å². The standard InChI is InChI=1S/C20H25F2N/c1-19(2,3)13-7-15(21)11-17(9-13)23-18-10-14(20(4,5)6)8-16(22)12-18/h7-12,23H,1-6H3. The van der Waals surface area contributed by atoms with Gasteiger partial charge in [-0.1, -0.05) is 41.5 Å². The van der Waals surface area contributed by atoms with Crippen molar-refractivity contribution in [3.8, 4) is 0 Å². The molecule has 0 aliphatic rings. The largest absolute Gasteiger partial charge is 0.355 e. The van der Waals surface area contributed by atoms with E-state index in [0.29, 0.717) is 11.4 Å². The summed E-state index contributed by atoms with van der Waals surface area (Å²) >= 11 is 0. The molecule has 0 aliphatic carbocycles. The molecule has 0 fully saturated rings. The molecule has 3 heteroatoms. The first-order valence-corrected chi connectivity index (χ1v) is 7.84. The summed E-state index contributed by atoms with van der Waals surface area (Å²) in [5.41, 5.74) is 2.73. The maximum atomic E-state index is 13.9. The van der Waals surface area contributed by atoms with Crippen molar-refractivity contribution in [1.82, 2.24) is 0 Å². The summed E-state index contributed by atoms with van der Waals surface area (Å²) in [7, 11) is 0. The van der Waals surface area contributed by atoms with Crippen LogP contribution in [0.4, 0.5) is 20.2 Å². The lowest BCUT2D eigenvalue weighted by atomic mass is 9.86. The van der Waals surface area contributed by atoms with E-state index in [-0.39, 0.29) is 22.5 Å². The van der Waals surface area contributed by atoms with Gasteiger partial charge in [-0.2, -0.15) is 0 Å². The third-order valence-electron chi connectivity index (χ3n) is 3.82. The highest BCUT2D eigenvalue weighted by Crippen LogP contribution is 2.30. The third-order valence-corrected chi connectivity index (χ3v) is 3.82. The van der Waals surface area contributed by atoms with Gasteiger partial charge in [-0.3, -0.25) is 0 Å². The van der Waals surface area contributed by atoms with Crippen LogP contribution in [-0.2, 0) is 10.8 Å². The SMILES string of the molecule is CC(C)(C)c1cc(F)cc(Nc2cc(F)cc(C(C)(C)C)c2)c1. The third kappa shape index (κ3) is 4.54. The molecule has 0 heterocycles. The number of anilines is 2. The van der Waals surface area contributed by atoms with Crippen molar-refractivity contribution in [3.63, 3.8) is 0 Å². The molecule has 0 spiro atoms. The van der Waals surface area contributed by atoms with Crippen LogP contribution in [0.1, 0.15) is 52.7 Å². The number of hydrogen-bond acceptors (Lipinski definition) is 1. The molecule has 0 saturated carbocycles. The number of benzene rings is 2. The van der Waals surface area contributed by atoms with E-state index in [4.69, 9.17) is 0 Å². The van der Waals surface area contributed by atoms with Crippen LogP contribution in [0.3, 0.4) is 0 Å². The highest BCUT2D eigenvalue weighted by atomic mass is 19.1. The second-order valence-corrected chi connectivity index (χ2v) is 8.08. The van der Waals surface area contributed by atoms with Gasteiger partial charge in [-0.15, -0.1) is 0 Å². The Balaban J connectivity index is 2.40. The molecular formula is C20H25F2N. The van der Waals surface area contributed by atoms with E-state index in [1.165, 1.54) is 24.3 Å². The van der Waals surface area contributed by atoms with Gasteiger partial charge in [0.2, 0.25) is 0 Å². The minimum absolute atomic E-state index is 0.156. The van der Waals surface area contributed by atoms with Gasteiger partial charge in [-0.25, -0.2) is 8.78 Å². The van der Waals surface area contributed by atoms with Crippen LogP contribution in [0, 0.1) is 11.6 Å². The fourth-order valence-corrected chi connectivity index (χ4v) is 2.36. The summed E-state index contributed by atoms with van der Waals surface area (Å²) < 4.78 is 27.8. The van der Waals surface area contributed by atoms with Gasteiger partial charge in [0.25, 0.3) is 0 Å². The van der Waals surface area contributed by atoms with Crippen molar-refractivity contribution < 1.29 is 8.78 Å². The summed E-state index contributed by atoms with van der Waals surface area (Å²) in [6.45, 7) is 12.2. The van der Waals surface area contributed by atoms with Gasteiger partial charge in [0.15, 0.2) is 0 Å². The van der Waals surface area contributed by atoms with Crippen molar-refractivity contribution in [3.05, 3.63) is 59.2 Å². The second-order valence-electron chi connectivity index (χ2n) is 8.08. The van der Waals surface area contributed by atoms with Crippen molar-refractivity contribution in [2.75, 3.05) is 5.32 Å². The summed E-state index contributed by atoms with van der Waals surface area (Å²) in [5, 5.41) is 3.13. The molecule has 0 aromatic heterocycles. The summed E-state index contributed by atoms with van der Waals surface area (Å²) in [5.74, 6) is -0.597. The van der Waals surface area contributed by atoms with Gasteiger partial charge < -0.3 is 5.32 Å². The van der Waals surface area contributed by atoms with Crippen LogP contribution in [0.25, 0.3) is 0 Å². The van der Waals surface area contributed by atoms with E-state index in [2.05, 4.69) is 5.32 Å². The molecule has 0 atom stereocenters. The number of hydrogen-bond donors (Lipinski definition) is 1. The van der Waals surface area contributed by atoms with Crippen LogP contribution in [0.5, 0.6) is 0 Å². The minimum atomic E-state index is -0.299. The molecule has 2 aromatic carbocycles. The van der Waals surface area contributed by atoms with Gasteiger partial charge >= 0.3 is 0 Å². The first-order valence-electron chi connectivity index (χ1n) is 7.84. The molecule has 0 amide bonds. The van der Waals surface area contributed by atoms with Crippen molar-refractivity contribution in [2.24, 2.45) is 0 Å². The highest BCUT2D eigenvalue weighted by Gasteiger charge is 2.17. The van der Waals surface area contributed by atoms with Crippen molar-refractivity contribution >= 4 is 11.4 Å². The monoisotopic (exact) mass is 317 g/mol. The van der Waals surface area contributed by atoms with E-state index in [0.717, 1.165) is 11.1 Å². The molecule has 23 heavy (non-hydrogen) atoms. The maximum Gasteiger partial charge on any atom is 0.125 e. The average Bonchev–Trinajstić information content (AvgIpc) is 2.35. The zero-order chi connectivity index (χ0) is 17.4. The Morgan fingerprint density at radius 3 is 1.26 bits per heavy atom. The van der Waals surface area contributed by atoms with Crippen LogP contribution >= 0.6 is 0 Å². The molecule has 0 radical (unpaired) electrons. The Bertz CT molecular complexity index is 645. The quantitative estimate of drug-likeness (QED) is 0.685. The first kappa shape index (κ1) is 17.5. The lowest BCUT2D eigenvalue weighted by molar-refractivity contribution is 0.572. The lowest BCUT2D eigenvalue weighted by Crippen LogP contribution is -2.13. The second kappa shape index (κ2) is 5.95. The van der Waals surface area contributed by atoms with Crippen LogP contribution in [0.2, 0.25) is 0 Å². The average molecular weight is 317 g/mol. The predicted molar refractivity (Wildman–Crippen MR) is 93.5 cm³/mol. The van der Waals surface area contributed by atoms with E-state index >= 15 is 0 Å². The Morgan fingerprint density at radius 1 is 0.609 bits per heavy atom. The maximum absolute atomic E-state index is 13.9. The van der Waals surface area contributed by atoms with Gasteiger partial charge in [0, 0.05) is 11.4 Å². The van der Waals surface area contributed by atoms with Gasteiger partial charge in [0.1, 0.15) is 11.6 Å². The topological polar surface area (TPSA) is 12.0 Å². The molecule has 0 saturated heterocycles. The molecular weight excluding hydrogens is 292 g/mol. The number of halogens is 2. The Hall–Kier alpha value is -1.90. The van der Waals surface area contributed by atoms with Crippen LogP contribution in [-0.4, -0.2) is 0 Å². The molecule has 2 aromatic rings. The predicted octanol–water partition coefficient (Wildman–Crippen LogP) is 6.30. The molecule has 124 valence electrons. The molecule has 0 bridgehead atoms. The molecule has 0 aliphatic heterocycles. The van der Waals surface area contributed by atoms with Crippen molar-refractivity contribution in [2.45, 2.75) is 52.4 Å².